The molecule has 1 aliphatic rings. The van der Waals surface area contributed by atoms with Gasteiger partial charge in [-0.15, -0.1) is 0 Å². The van der Waals surface area contributed by atoms with Crippen molar-refractivity contribution in [3.8, 4) is 11.5 Å². The molecule has 0 aliphatic carbocycles. The Hall–Kier alpha value is -4.48. The van der Waals surface area contributed by atoms with Crippen LogP contribution in [0.5, 0.6) is 11.5 Å². The zero-order valence-electron chi connectivity index (χ0n) is 23.6. The van der Waals surface area contributed by atoms with E-state index < -0.39 is 59.6 Å². The molecule has 224 valence electrons. The van der Waals surface area contributed by atoms with Gasteiger partial charge < -0.3 is 30.4 Å². The quantitative estimate of drug-likeness (QED) is 0.243. The number of hydrogen-bond acceptors (Lipinski definition) is 6. The first-order chi connectivity index (χ1) is 20.1. The lowest BCUT2D eigenvalue weighted by Crippen LogP contribution is -2.53. The van der Waals surface area contributed by atoms with Crippen molar-refractivity contribution in [3.05, 3.63) is 59.8 Å². The molecule has 1 fully saturated rings. The van der Waals surface area contributed by atoms with Gasteiger partial charge in [0.15, 0.2) is 23.2 Å². The number of halogens is 2. The number of methoxy groups -OCH3 is 1. The molecule has 12 heteroatoms. The minimum atomic E-state index is -1.20. The van der Waals surface area contributed by atoms with Crippen molar-refractivity contribution < 1.29 is 37.4 Å². The monoisotopic (exact) mass is 584 g/mol. The van der Waals surface area contributed by atoms with Crippen LogP contribution >= 0.6 is 0 Å². The van der Waals surface area contributed by atoms with Crippen LogP contribution in [-0.2, 0) is 14.4 Å². The molecule has 2 heterocycles. The molecule has 3 amide bonds. The van der Waals surface area contributed by atoms with Gasteiger partial charge in [0.25, 0.3) is 5.91 Å². The lowest BCUT2D eigenvalue weighted by Gasteiger charge is -2.25. The van der Waals surface area contributed by atoms with Crippen molar-refractivity contribution in [2.45, 2.75) is 45.2 Å². The van der Waals surface area contributed by atoms with Gasteiger partial charge in [0.05, 0.1) is 13.2 Å². The molecule has 4 rings (SSSR count). The number of carbonyl (C=O) groups excluding carboxylic acids is 4. The number of hydrogen-bond donors (Lipinski definition) is 4. The Morgan fingerprint density at radius 1 is 1.05 bits per heavy atom. The van der Waals surface area contributed by atoms with Crippen LogP contribution in [-0.4, -0.2) is 60.8 Å². The number of aromatic amines is 1. The molecule has 1 aromatic heterocycles. The standard InChI is InChI=1S/C30H34F2N4O6/c1-16(2)12-23(36-30(40)24-14-18-21(34-24)8-5-9-26(18)41-3)29(39)35-22(13-17-10-11-33-28(17)38)25(37)15-42-27-19(31)6-4-7-20(27)32/h4-9,14,16-17,22-23,34H,10-13,15H2,1-3H3,(H,33,38)(H,35,39)(H,36,40). The molecule has 2 aromatic carbocycles. The number of Topliss-reactive ketones (excluding diaryl/α,β-unsaturated/α-hetero) is 1. The minimum Gasteiger partial charge on any atom is -0.496 e. The molecule has 42 heavy (non-hydrogen) atoms. The van der Waals surface area contributed by atoms with E-state index in [-0.39, 0.29) is 30.4 Å². The smallest absolute Gasteiger partial charge is 0.268 e. The van der Waals surface area contributed by atoms with Crippen LogP contribution in [0.3, 0.4) is 0 Å². The van der Waals surface area contributed by atoms with Gasteiger partial charge in [-0.25, -0.2) is 8.78 Å². The lowest BCUT2D eigenvalue weighted by molar-refractivity contribution is -0.131. The maximum absolute atomic E-state index is 14.0. The molecule has 1 saturated heterocycles. The third kappa shape index (κ3) is 7.23. The molecule has 3 atom stereocenters. The zero-order chi connectivity index (χ0) is 30.4. The van der Waals surface area contributed by atoms with Crippen LogP contribution in [0.4, 0.5) is 8.78 Å². The van der Waals surface area contributed by atoms with E-state index in [1.165, 1.54) is 7.11 Å². The SMILES string of the molecule is COc1cccc2[nH]c(C(=O)NC(CC(C)C)C(=O)NC(CC3CCNC3=O)C(=O)COc3c(F)cccc3F)cc12. The molecule has 3 aromatic rings. The Morgan fingerprint density at radius 3 is 2.40 bits per heavy atom. The molecular weight excluding hydrogens is 550 g/mol. The first kappa shape index (κ1) is 30.5. The fraction of sp³-hybridized carbons (Fsp3) is 0.400. The summed E-state index contributed by atoms with van der Waals surface area (Å²) in [4.78, 5) is 55.2. The second-order valence-corrected chi connectivity index (χ2v) is 10.6. The fourth-order valence-electron chi connectivity index (χ4n) is 4.93. The maximum Gasteiger partial charge on any atom is 0.268 e. The fourth-order valence-corrected chi connectivity index (χ4v) is 4.93. The van der Waals surface area contributed by atoms with Crippen LogP contribution in [0.1, 0.15) is 43.6 Å². The Kier molecular flexibility index (Phi) is 9.76. The molecular formula is C30H34F2N4O6. The van der Waals surface area contributed by atoms with E-state index in [4.69, 9.17) is 9.47 Å². The Bertz CT molecular complexity index is 1450. The van der Waals surface area contributed by atoms with Crippen molar-refractivity contribution in [2.75, 3.05) is 20.3 Å². The summed E-state index contributed by atoms with van der Waals surface area (Å²) in [5.41, 5.74) is 0.891. The second-order valence-electron chi connectivity index (χ2n) is 10.6. The summed E-state index contributed by atoms with van der Waals surface area (Å²) in [6.45, 7) is 3.44. The maximum atomic E-state index is 14.0. The number of para-hydroxylation sites is 1. The molecule has 0 spiro atoms. The summed E-state index contributed by atoms with van der Waals surface area (Å²) in [6.07, 6.45) is 0.670. The highest BCUT2D eigenvalue weighted by atomic mass is 19.1. The number of fused-ring (bicyclic) bond motifs is 1. The number of ether oxygens (including phenoxy) is 2. The Morgan fingerprint density at radius 2 is 1.76 bits per heavy atom. The Balaban J connectivity index is 1.51. The van der Waals surface area contributed by atoms with Crippen molar-refractivity contribution in [3.63, 3.8) is 0 Å². The van der Waals surface area contributed by atoms with Gasteiger partial charge in [0.2, 0.25) is 11.8 Å². The largest absolute Gasteiger partial charge is 0.496 e. The number of nitrogens with one attached hydrogen (secondary N) is 4. The van der Waals surface area contributed by atoms with Gasteiger partial charge in [0.1, 0.15) is 24.1 Å². The zero-order valence-corrected chi connectivity index (χ0v) is 23.6. The van der Waals surface area contributed by atoms with Crippen LogP contribution in [0, 0.1) is 23.5 Å². The predicted molar refractivity (Wildman–Crippen MR) is 150 cm³/mol. The van der Waals surface area contributed by atoms with Crippen molar-refractivity contribution in [1.82, 2.24) is 20.9 Å². The highest BCUT2D eigenvalue weighted by molar-refractivity contribution is 6.02. The van der Waals surface area contributed by atoms with Gasteiger partial charge >= 0.3 is 0 Å². The summed E-state index contributed by atoms with van der Waals surface area (Å²) < 4.78 is 38.6. The van der Waals surface area contributed by atoms with Gasteiger partial charge in [0, 0.05) is 23.4 Å². The molecule has 4 N–H and O–H groups in total. The number of H-pyrrole nitrogens is 1. The summed E-state index contributed by atoms with van der Waals surface area (Å²) in [7, 11) is 1.52. The predicted octanol–water partition coefficient (Wildman–Crippen LogP) is 3.26. The molecule has 0 radical (unpaired) electrons. The second kappa shape index (κ2) is 13.5. The van der Waals surface area contributed by atoms with E-state index in [2.05, 4.69) is 20.9 Å². The van der Waals surface area contributed by atoms with Gasteiger partial charge in [-0.2, -0.15) is 0 Å². The summed E-state index contributed by atoms with van der Waals surface area (Å²) in [5, 5.41) is 8.78. The topological polar surface area (TPSA) is 139 Å². The van der Waals surface area contributed by atoms with Crippen molar-refractivity contribution >= 4 is 34.4 Å². The summed E-state index contributed by atoms with van der Waals surface area (Å²) >= 11 is 0. The van der Waals surface area contributed by atoms with E-state index in [1.54, 1.807) is 24.3 Å². The average Bonchev–Trinajstić information content (AvgIpc) is 3.57. The minimum absolute atomic E-state index is 0.00835. The van der Waals surface area contributed by atoms with E-state index >= 15 is 0 Å². The van der Waals surface area contributed by atoms with Crippen LogP contribution < -0.4 is 25.4 Å². The van der Waals surface area contributed by atoms with Gasteiger partial charge in [-0.05, 0) is 55.5 Å². The van der Waals surface area contributed by atoms with Crippen LogP contribution in [0.2, 0.25) is 0 Å². The number of rotatable bonds is 13. The molecule has 0 bridgehead atoms. The third-order valence-electron chi connectivity index (χ3n) is 7.08. The third-order valence-corrected chi connectivity index (χ3v) is 7.08. The summed E-state index contributed by atoms with van der Waals surface area (Å²) in [5.74, 6) is -4.77. The lowest BCUT2D eigenvalue weighted by atomic mass is 9.95. The molecule has 3 unspecified atom stereocenters. The first-order valence-electron chi connectivity index (χ1n) is 13.7. The van der Waals surface area contributed by atoms with Gasteiger partial charge in [-0.3, -0.25) is 19.2 Å². The van der Waals surface area contributed by atoms with E-state index in [0.717, 1.165) is 18.2 Å². The van der Waals surface area contributed by atoms with Crippen LogP contribution in [0.25, 0.3) is 10.9 Å². The highest BCUT2D eigenvalue weighted by Gasteiger charge is 2.34. The molecule has 1 aliphatic heterocycles. The number of aromatic nitrogens is 1. The van der Waals surface area contributed by atoms with Crippen molar-refractivity contribution in [2.24, 2.45) is 11.8 Å². The van der Waals surface area contributed by atoms with Crippen LogP contribution in [0.15, 0.2) is 42.5 Å². The average molecular weight is 585 g/mol. The highest BCUT2D eigenvalue weighted by Crippen LogP contribution is 2.26. The first-order valence-corrected chi connectivity index (χ1v) is 13.7. The summed E-state index contributed by atoms with van der Waals surface area (Å²) in [6, 6.07) is 7.88. The van der Waals surface area contributed by atoms with Crippen molar-refractivity contribution in [1.29, 1.82) is 0 Å². The normalized spacial score (nSPS) is 16.1. The van der Waals surface area contributed by atoms with E-state index in [1.807, 2.05) is 13.8 Å². The number of carbonyl (C=O) groups is 4. The van der Waals surface area contributed by atoms with E-state index in [9.17, 15) is 28.0 Å². The Labute approximate surface area is 241 Å². The number of amides is 3. The molecule has 10 nitrogen and oxygen atoms in total. The van der Waals surface area contributed by atoms with E-state index in [0.29, 0.717) is 29.6 Å². The van der Waals surface area contributed by atoms with Gasteiger partial charge in [-0.1, -0.05) is 26.0 Å². The number of ketones is 1. The molecule has 0 saturated carbocycles. The number of benzene rings is 2.